The van der Waals surface area contributed by atoms with E-state index in [0.717, 1.165) is 18.9 Å². The Labute approximate surface area is 106 Å². The monoisotopic (exact) mass is 337 g/mol. The summed E-state index contributed by atoms with van der Waals surface area (Å²) in [4.78, 5) is 13.5. The van der Waals surface area contributed by atoms with Crippen molar-refractivity contribution < 1.29 is 13.6 Å². The Bertz CT molecular complexity index is 430. The van der Waals surface area contributed by atoms with E-state index in [2.05, 4.69) is 0 Å². The molecule has 0 aromatic heterocycles. The van der Waals surface area contributed by atoms with Crippen LogP contribution in [0.5, 0.6) is 0 Å². The SMILES string of the molecule is O=C(c1cc(I)c(F)cc1F)N1CCCC1. The Hall–Kier alpha value is -0.720. The number of benzene rings is 1. The van der Waals surface area contributed by atoms with Gasteiger partial charge in [-0.25, -0.2) is 8.78 Å². The number of nitrogens with zero attached hydrogens (tertiary/aromatic N) is 1. The van der Waals surface area contributed by atoms with Crippen LogP contribution in [0.2, 0.25) is 0 Å². The molecule has 1 aromatic rings. The predicted molar refractivity (Wildman–Crippen MR) is 64.2 cm³/mol. The van der Waals surface area contributed by atoms with Crippen molar-refractivity contribution in [2.24, 2.45) is 0 Å². The van der Waals surface area contributed by atoms with Crippen LogP contribution in [-0.2, 0) is 0 Å². The van der Waals surface area contributed by atoms with Crippen LogP contribution in [0.25, 0.3) is 0 Å². The van der Waals surface area contributed by atoms with E-state index in [0.29, 0.717) is 13.1 Å². The minimum atomic E-state index is -0.783. The maximum Gasteiger partial charge on any atom is 0.256 e. The van der Waals surface area contributed by atoms with E-state index < -0.39 is 11.6 Å². The van der Waals surface area contributed by atoms with Crippen molar-refractivity contribution in [3.05, 3.63) is 32.9 Å². The number of likely N-dealkylation sites (tertiary alicyclic amines) is 1. The summed E-state index contributed by atoms with van der Waals surface area (Å²) in [5, 5.41) is 0. The number of hydrogen-bond acceptors (Lipinski definition) is 1. The molecular formula is C11H10F2INO. The van der Waals surface area contributed by atoms with Gasteiger partial charge < -0.3 is 4.90 Å². The molecule has 1 aliphatic rings. The fraction of sp³-hybridized carbons (Fsp3) is 0.364. The van der Waals surface area contributed by atoms with Gasteiger partial charge in [-0.3, -0.25) is 4.79 Å². The van der Waals surface area contributed by atoms with Gasteiger partial charge in [0.05, 0.1) is 5.56 Å². The van der Waals surface area contributed by atoms with E-state index in [1.54, 1.807) is 27.5 Å². The van der Waals surface area contributed by atoms with Gasteiger partial charge in [-0.1, -0.05) is 0 Å². The quantitative estimate of drug-likeness (QED) is 0.570. The Kier molecular flexibility index (Phi) is 3.41. The van der Waals surface area contributed by atoms with Gasteiger partial charge in [0.15, 0.2) is 0 Å². The Morgan fingerprint density at radius 2 is 1.81 bits per heavy atom. The summed E-state index contributed by atoms with van der Waals surface area (Å²) in [7, 11) is 0. The Morgan fingerprint density at radius 1 is 1.19 bits per heavy atom. The molecule has 0 atom stereocenters. The first-order valence-corrected chi connectivity index (χ1v) is 6.11. The van der Waals surface area contributed by atoms with Crippen molar-refractivity contribution >= 4 is 28.5 Å². The van der Waals surface area contributed by atoms with E-state index in [1.165, 1.54) is 6.07 Å². The molecule has 0 aliphatic carbocycles. The molecule has 0 spiro atoms. The fourth-order valence-corrected chi connectivity index (χ4v) is 2.24. The maximum absolute atomic E-state index is 13.4. The largest absolute Gasteiger partial charge is 0.339 e. The Morgan fingerprint density at radius 3 is 2.44 bits per heavy atom. The minimum absolute atomic E-state index is 0.0345. The third-order valence-electron chi connectivity index (χ3n) is 2.63. The van der Waals surface area contributed by atoms with E-state index >= 15 is 0 Å². The first-order valence-electron chi connectivity index (χ1n) is 5.03. The van der Waals surface area contributed by atoms with Crippen molar-refractivity contribution in [2.75, 3.05) is 13.1 Å². The maximum atomic E-state index is 13.4. The van der Waals surface area contributed by atoms with Gasteiger partial charge in [-0.2, -0.15) is 0 Å². The van der Waals surface area contributed by atoms with Crippen molar-refractivity contribution in [1.29, 1.82) is 0 Å². The third-order valence-corrected chi connectivity index (χ3v) is 3.46. The number of carbonyl (C=O) groups is 1. The van der Waals surface area contributed by atoms with E-state index in [9.17, 15) is 13.6 Å². The molecule has 0 N–H and O–H groups in total. The summed E-state index contributed by atoms with van der Waals surface area (Å²) >= 11 is 1.75. The molecule has 0 saturated carbocycles. The molecule has 1 aromatic carbocycles. The second-order valence-corrected chi connectivity index (χ2v) is 4.91. The molecule has 1 amide bonds. The summed E-state index contributed by atoms with van der Waals surface area (Å²) in [5.74, 6) is -1.75. The van der Waals surface area contributed by atoms with Crippen LogP contribution in [0.4, 0.5) is 8.78 Å². The standard InChI is InChI=1S/C11H10F2INO/c12-8-6-9(13)10(14)5-7(8)11(16)15-3-1-2-4-15/h5-6H,1-4H2. The van der Waals surface area contributed by atoms with Gasteiger partial charge in [0.2, 0.25) is 0 Å². The molecule has 2 nitrogen and oxygen atoms in total. The molecule has 2 rings (SSSR count). The third kappa shape index (κ3) is 2.18. The van der Waals surface area contributed by atoms with E-state index in [1.807, 2.05) is 0 Å². The van der Waals surface area contributed by atoms with Gasteiger partial charge in [0, 0.05) is 22.7 Å². The zero-order valence-electron chi connectivity index (χ0n) is 8.47. The lowest BCUT2D eigenvalue weighted by Crippen LogP contribution is -2.28. The van der Waals surface area contributed by atoms with E-state index in [-0.39, 0.29) is 15.0 Å². The zero-order valence-corrected chi connectivity index (χ0v) is 10.6. The van der Waals surface area contributed by atoms with Gasteiger partial charge in [-0.15, -0.1) is 0 Å². The van der Waals surface area contributed by atoms with Gasteiger partial charge in [-0.05, 0) is 41.5 Å². The number of rotatable bonds is 1. The lowest BCUT2D eigenvalue weighted by Gasteiger charge is -2.15. The lowest BCUT2D eigenvalue weighted by atomic mass is 10.2. The van der Waals surface area contributed by atoms with Gasteiger partial charge in [0.1, 0.15) is 11.6 Å². The highest BCUT2D eigenvalue weighted by molar-refractivity contribution is 14.1. The van der Waals surface area contributed by atoms with Crippen molar-refractivity contribution in [3.63, 3.8) is 0 Å². The fourth-order valence-electron chi connectivity index (χ4n) is 1.78. The van der Waals surface area contributed by atoms with Crippen molar-refractivity contribution in [2.45, 2.75) is 12.8 Å². The smallest absolute Gasteiger partial charge is 0.256 e. The van der Waals surface area contributed by atoms with Crippen LogP contribution in [0, 0.1) is 15.2 Å². The van der Waals surface area contributed by atoms with Crippen molar-refractivity contribution in [3.8, 4) is 0 Å². The molecule has 0 bridgehead atoms. The average molecular weight is 337 g/mol. The zero-order chi connectivity index (χ0) is 11.7. The van der Waals surface area contributed by atoms with Gasteiger partial charge >= 0.3 is 0 Å². The Balaban J connectivity index is 2.32. The highest BCUT2D eigenvalue weighted by Gasteiger charge is 2.23. The summed E-state index contributed by atoms with van der Waals surface area (Å²) in [6, 6.07) is 2.04. The number of amides is 1. The number of hydrogen-bond donors (Lipinski definition) is 0. The van der Waals surface area contributed by atoms with Crippen LogP contribution < -0.4 is 0 Å². The first kappa shape index (κ1) is 11.8. The van der Waals surface area contributed by atoms with Crippen LogP contribution in [-0.4, -0.2) is 23.9 Å². The molecule has 1 fully saturated rings. The summed E-state index contributed by atoms with van der Waals surface area (Å²) < 4.78 is 26.7. The number of carbonyl (C=O) groups excluding carboxylic acids is 1. The van der Waals surface area contributed by atoms with Crippen LogP contribution in [0.1, 0.15) is 23.2 Å². The highest BCUT2D eigenvalue weighted by atomic mass is 127. The van der Waals surface area contributed by atoms with Gasteiger partial charge in [0.25, 0.3) is 5.91 Å². The summed E-state index contributed by atoms with van der Waals surface area (Å²) in [6.45, 7) is 1.32. The molecule has 0 unspecified atom stereocenters. The summed E-state index contributed by atoms with van der Waals surface area (Å²) in [6.07, 6.45) is 1.90. The normalized spacial score (nSPS) is 15.6. The topological polar surface area (TPSA) is 20.3 Å². The second-order valence-electron chi connectivity index (χ2n) is 3.75. The molecule has 1 aliphatic heterocycles. The number of halogens is 3. The average Bonchev–Trinajstić information content (AvgIpc) is 2.75. The lowest BCUT2D eigenvalue weighted by molar-refractivity contribution is 0.0788. The van der Waals surface area contributed by atoms with Crippen LogP contribution >= 0.6 is 22.6 Å². The molecule has 86 valence electrons. The predicted octanol–water partition coefficient (Wildman–Crippen LogP) is 2.81. The molecule has 5 heteroatoms. The molecule has 16 heavy (non-hydrogen) atoms. The molecule has 1 saturated heterocycles. The van der Waals surface area contributed by atoms with Crippen LogP contribution in [0.15, 0.2) is 12.1 Å². The first-order chi connectivity index (χ1) is 7.59. The highest BCUT2D eigenvalue weighted by Crippen LogP contribution is 2.20. The van der Waals surface area contributed by atoms with Crippen LogP contribution in [0.3, 0.4) is 0 Å². The second kappa shape index (κ2) is 4.65. The molecule has 1 heterocycles. The minimum Gasteiger partial charge on any atom is -0.339 e. The van der Waals surface area contributed by atoms with E-state index in [4.69, 9.17) is 0 Å². The van der Waals surface area contributed by atoms with Crippen molar-refractivity contribution in [1.82, 2.24) is 4.90 Å². The molecular weight excluding hydrogens is 327 g/mol. The summed E-state index contributed by atoms with van der Waals surface area (Å²) in [5.41, 5.74) is -0.0345. The molecule has 0 radical (unpaired) electrons.